The van der Waals surface area contributed by atoms with E-state index in [1.54, 1.807) is 35.9 Å². The summed E-state index contributed by atoms with van der Waals surface area (Å²) in [6, 6.07) is 10.1. The van der Waals surface area contributed by atoms with Crippen LogP contribution in [-0.4, -0.2) is 36.9 Å². The number of amides is 1. The predicted octanol–water partition coefficient (Wildman–Crippen LogP) is 4.32. The van der Waals surface area contributed by atoms with Crippen LogP contribution in [0.1, 0.15) is 17.3 Å². The van der Waals surface area contributed by atoms with Gasteiger partial charge in [0.25, 0.3) is 5.91 Å². The molecule has 0 saturated carbocycles. The first-order valence-electron chi connectivity index (χ1n) is 8.61. The van der Waals surface area contributed by atoms with Crippen LogP contribution in [0.5, 0.6) is 23.1 Å². The van der Waals surface area contributed by atoms with Gasteiger partial charge in [-0.3, -0.25) is 4.79 Å². The van der Waals surface area contributed by atoms with Crippen LogP contribution in [0.4, 0.5) is 5.69 Å². The summed E-state index contributed by atoms with van der Waals surface area (Å²) in [6.45, 7) is 2.44. The fourth-order valence-corrected chi connectivity index (χ4v) is 2.97. The summed E-state index contributed by atoms with van der Waals surface area (Å²) in [7, 11) is 4.55. The van der Waals surface area contributed by atoms with Gasteiger partial charge in [0.05, 0.1) is 26.8 Å². The average Bonchev–Trinajstić information content (AvgIpc) is 3.00. The maximum absolute atomic E-state index is 12.5. The number of methoxy groups -OCH3 is 3. The van der Waals surface area contributed by atoms with Crippen molar-refractivity contribution >= 4 is 22.5 Å². The number of aryl methyl sites for hydroxylation is 1. The molecule has 0 aliphatic rings. The zero-order chi connectivity index (χ0) is 20.3. The number of hydrogen-bond donors (Lipinski definition) is 1. The molecule has 0 aliphatic heterocycles. The van der Waals surface area contributed by atoms with Crippen molar-refractivity contribution in [2.75, 3.05) is 21.3 Å². The molecule has 0 atom stereocenters. The van der Waals surface area contributed by atoms with E-state index in [4.69, 9.17) is 14.2 Å². The number of carbonyl (C=O) groups is 1. The quantitative estimate of drug-likeness (QED) is 0.640. The molecule has 2 aromatic carbocycles. The molecule has 0 spiro atoms. The molecule has 1 amide bonds. The highest BCUT2D eigenvalue weighted by Crippen LogP contribution is 2.40. The highest BCUT2D eigenvalue weighted by Gasteiger charge is 2.17. The van der Waals surface area contributed by atoms with Gasteiger partial charge < -0.3 is 23.9 Å². The fourth-order valence-electron chi connectivity index (χ4n) is 2.97. The molecular weight excluding hydrogens is 362 g/mol. The summed E-state index contributed by atoms with van der Waals surface area (Å²) in [5, 5.41) is 19.0. The van der Waals surface area contributed by atoms with Crippen LogP contribution in [0.2, 0.25) is 0 Å². The minimum absolute atomic E-state index is 0.0605. The van der Waals surface area contributed by atoms with Crippen LogP contribution in [0.15, 0.2) is 46.6 Å². The summed E-state index contributed by atoms with van der Waals surface area (Å²) in [4.78, 5) is 12.5. The molecule has 146 valence electrons. The van der Waals surface area contributed by atoms with Crippen molar-refractivity contribution < 1.29 is 24.1 Å². The molecule has 3 rings (SSSR count). The standard InChI is InChI=1S/C20H21N3O5/c1-5-23-15-8-7-13(26-2)11-14(15)18(20(23)25)21-22-19(24)12-6-9-16(27-3)17(10-12)28-4/h6-11,25H,5H2,1-4H3. The molecule has 0 bridgehead atoms. The number of nitrogens with zero attached hydrogens (tertiary/aromatic N) is 3. The minimum atomic E-state index is -0.569. The lowest BCUT2D eigenvalue weighted by Crippen LogP contribution is -1.97. The Morgan fingerprint density at radius 1 is 1.04 bits per heavy atom. The first-order chi connectivity index (χ1) is 13.5. The van der Waals surface area contributed by atoms with Crippen LogP contribution < -0.4 is 14.2 Å². The molecule has 3 aromatic rings. The normalized spacial score (nSPS) is 11.1. The van der Waals surface area contributed by atoms with Gasteiger partial charge in [-0.05, 0) is 43.3 Å². The van der Waals surface area contributed by atoms with Crippen LogP contribution in [0, 0.1) is 0 Å². The Hall–Kier alpha value is -3.55. The van der Waals surface area contributed by atoms with Crippen LogP contribution in [0.3, 0.4) is 0 Å². The van der Waals surface area contributed by atoms with Crippen molar-refractivity contribution in [3.8, 4) is 23.1 Å². The van der Waals surface area contributed by atoms with Gasteiger partial charge in [0, 0.05) is 17.5 Å². The number of fused-ring (bicyclic) bond motifs is 1. The third-order valence-corrected chi connectivity index (χ3v) is 4.40. The van der Waals surface area contributed by atoms with Crippen molar-refractivity contribution in [3.63, 3.8) is 0 Å². The lowest BCUT2D eigenvalue weighted by atomic mass is 10.2. The van der Waals surface area contributed by atoms with Gasteiger partial charge in [-0.15, -0.1) is 10.2 Å². The maximum atomic E-state index is 12.5. The number of aromatic hydroxyl groups is 1. The van der Waals surface area contributed by atoms with Crippen LogP contribution in [-0.2, 0) is 6.54 Å². The third-order valence-electron chi connectivity index (χ3n) is 4.40. The first-order valence-corrected chi connectivity index (χ1v) is 8.61. The second kappa shape index (κ2) is 7.99. The van der Waals surface area contributed by atoms with Crippen molar-refractivity contribution in [2.45, 2.75) is 13.5 Å². The highest BCUT2D eigenvalue weighted by atomic mass is 16.5. The van der Waals surface area contributed by atoms with Crippen molar-refractivity contribution in [2.24, 2.45) is 10.2 Å². The lowest BCUT2D eigenvalue weighted by Gasteiger charge is -2.07. The summed E-state index contributed by atoms with van der Waals surface area (Å²) in [6.07, 6.45) is 0. The molecule has 1 heterocycles. The molecule has 28 heavy (non-hydrogen) atoms. The summed E-state index contributed by atoms with van der Waals surface area (Å²) in [5.74, 6) is 0.907. The van der Waals surface area contributed by atoms with E-state index in [-0.39, 0.29) is 17.1 Å². The first kappa shape index (κ1) is 19.2. The van der Waals surface area contributed by atoms with E-state index in [1.807, 2.05) is 13.0 Å². The number of aromatic nitrogens is 1. The molecule has 0 aliphatic carbocycles. The smallest absolute Gasteiger partial charge is 0.295 e. The Bertz CT molecular complexity index is 1060. The molecule has 8 nitrogen and oxygen atoms in total. The zero-order valence-electron chi connectivity index (χ0n) is 16.1. The number of benzene rings is 2. The van der Waals surface area contributed by atoms with E-state index < -0.39 is 5.91 Å². The van der Waals surface area contributed by atoms with Gasteiger partial charge in [-0.25, -0.2) is 0 Å². The van der Waals surface area contributed by atoms with Crippen LogP contribution >= 0.6 is 0 Å². The number of carbonyl (C=O) groups excluding carboxylic acids is 1. The van der Waals surface area contributed by atoms with Gasteiger partial charge >= 0.3 is 0 Å². The Morgan fingerprint density at radius 2 is 1.79 bits per heavy atom. The molecule has 8 heteroatoms. The average molecular weight is 383 g/mol. The monoisotopic (exact) mass is 383 g/mol. The predicted molar refractivity (Wildman–Crippen MR) is 104 cm³/mol. The highest BCUT2D eigenvalue weighted by molar-refractivity contribution is 5.98. The maximum Gasteiger partial charge on any atom is 0.295 e. The Labute approximate surface area is 162 Å². The van der Waals surface area contributed by atoms with E-state index in [0.29, 0.717) is 29.2 Å². The van der Waals surface area contributed by atoms with Crippen molar-refractivity contribution in [1.29, 1.82) is 0 Å². The summed E-state index contributed by atoms with van der Waals surface area (Å²) >= 11 is 0. The number of azo groups is 1. The number of rotatable bonds is 6. The minimum Gasteiger partial charge on any atom is -0.497 e. The molecule has 0 unspecified atom stereocenters. The third kappa shape index (κ3) is 3.36. The number of ether oxygens (including phenoxy) is 3. The van der Waals surface area contributed by atoms with E-state index in [2.05, 4.69) is 10.2 Å². The van der Waals surface area contributed by atoms with E-state index >= 15 is 0 Å². The summed E-state index contributed by atoms with van der Waals surface area (Å²) in [5.41, 5.74) is 1.27. The molecule has 1 aromatic heterocycles. The second-order valence-corrected chi connectivity index (χ2v) is 5.87. The second-order valence-electron chi connectivity index (χ2n) is 5.87. The Morgan fingerprint density at radius 3 is 2.43 bits per heavy atom. The fraction of sp³-hybridized carbons (Fsp3) is 0.250. The molecular formula is C20H21N3O5. The zero-order valence-corrected chi connectivity index (χ0v) is 16.1. The topological polar surface area (TPSA) is 94.6 Å². The molecule has 0 radical (unpaired) electrons. The van der Waals surface area contributed by atoms with E-state index in [1.165, 1.54) is 20.3 Å². The molecule has 1 N–H and O–H groups in total. The van der Waals surface area contributed by atoms with Gasteiger partial charge in [-0.1, -0.05) is 0 Å². The van der Waals surface area contributed by atoms with E-state index in [0.717, 1.165) is 5.52 Å². The lowest BCUT2D eigenvalue weighted by molar-refractivity contribution is 0.0994. The Kier molecular flexibility index (Phi) is 5.49. The van der Waals surface area contributed by atoms with E-state index in [9.17, 15) is 9.90 Å². The Balaban J connectivity index is 2.01. The van der Waals surface area contributed by atoms with Gasteiger partial charge in [0.15, 0.2) is 17.2 Å². The molecule has 0 fully saturated rings. The van der Waals surface area contributed by atoms with Crippen LogP contribution in [0.25, 0.3) is 10.9 Å². The van der Waals surface area contributed by atoms with Crippen molar-refractivity contribution in [3.05, 3.63) is 42.0 Å². The van der Waals surface area contributed by atoms with Crippen molar-refractivity contribution in [1.82, 2.24) is 4.57 Å². The summed E-state index contributed by atoms with van der Waals surface area (Å²) < 4.78 is 17.3. The molecule has 0 saturated heterocycles. The van der Waals surface area contributed by atoms with Gasteiger partial charge in [0.1, 0.15) is 5.75 Å². The van der Waals surface area contributed by atoms with Gasteiger partial charge in [0.2, 0.25) is 5.88 Å². The SMILES string of the molecule is CCn1c(O)c(N=NC(=O)c2ccc(OC)c(OC)c2)c2cc(OC)ccc21. The number of hydrogen-bond acceptors (Lipinski definition) is 6. The largest absolute Gasteiger partial charge is 0.497 e. The van der Waals surface area contributed by atoms with Gasteiger partial charge in [-0.2, -0.15) is 0 Å².